The molecule has 36 heavy (non-hydrogen) atoms. The van der Waals surface area contributed by atoms with Gasteiger partial charge < -0.3 is 23.7 Å². The zero-order valence-corrected chi connectivity index (χ0v) is 21.5. The topological polar surface area (TPSA) is 117 Å². The largest absolute Gasteiger partial charge is 0.369 e. The fourth-order valence-electron chi connectivity index (χ4n) is 4.38. The van der Waals surface area contributed by atoms with Crippen LogP contribution in [-0.2, 0) is 28.5 Å². The Labute approximate surface area is 209 Å². The van der Waals surface area contributed by atoms with E-state index in [2.05, 4.69) is 15.0 Å². The van der Waals surface area contributed by atoms with E-state index < -0.39 is 40.4 Å². The van der Waals surface area contributed by atoms with Crippen LogP contribution < -0.4 is 0 Å². The van der Waals surface area contributed by atoms with Gasteiger partial charge in [-0.05, 0) is 39.0 Å². The molecular weight excluding hydrogens is 486 g/mol. The molecule has 1 aromatic carbocycles. The van der Waals surface area contributed by atoms with Crippen molar-refractivity contribution in [3.63, 3.8) is 0 Å². The maximum absolute atomic E-state index is 12.8. The molecule has 3 aromatic rings. The Hall–Kier alpha value is -2.90. The Morgan fingerprint density at radius 3 is 2.58 bits per heavy atom. The van der Waals surface area contributed by atoms with E-state index in [0.29, 0.717) is 11.5 Å². The van der Waals surface area contributed by atoms with Crippen molar-refractivity contribution in [2.24, 2.45) is 4.99 Å². The molecule has 192 valence electrons. The first kappa shape index (κ1) is 24.8. The predicted octanol–water partition coefficient (Wildman–Crippen LogP) is 2.78. The first-order valence-electron chi connectivity index (χ1n) is 11.5. The Balaban J connectivity index is 1.41. The molecule has 4 atom stereocenters. The van der Waals surface area contributed by atoms with Crippen LogP contribution in [0.5, 0.6) is 0 Å². The molecular formula is C24H29N5O6S. The average molecular weight is 516 g/mol. The molecule has 4 heterocycles. The maximum atomic E-state index is 12.8. The summed E-state index contributed by atoms with van der Waals surface area (Å²) in [5.74, 6) is -0.347. The second kappa shape index (κ2) is 9.20. The lowest BCUT2D eigenvalue weighted by molar-refractivity contribution is -0.198. The highest BCUT2D eigenvalue weighted by atomic mass is 32.2. The quantitative estimate of drug-likeness (QED) is 0.266. The molecule has 2 fully saturated rings. The van der Waals surface area contributed by atoms with Crippen molar-refractivity contribution in [1.29, 1.82) is 0 Å². The maximum Gasteiger partial charge on any atom is 0.297 e. The molecule has 5 rings (SSSR count). The predicted molar refractivity (Wildman–Crippen MR) is 131 cm³/mol. The number of fused-ring (bicyclic) bond motifs is 2. The summed E-state index contributed by atoms with van der Waals surface area (Å²) in [5, 5.41) is 0.746. The number of aliphatic imine (C=N–C) groups is 1. The summed E-state index contributed by atoms with van der Waals surface area (Å²) in [5.41, 5.74) is 1.57. The van der Waals surface area contributed by atoms with Gasteiger partial charge in [0.2, 0.25) is 0 Å². The van der Waals surface area contributed by atoms with E-state index >= 15 is 0 Å². The molecule has 11 nitrogen and oxygen atoms in total. The third kappa shape index (κ3) is 4.74. The van der Waals surface area contributed by atoms with Crippen molar-refractivity contribution in [2.75, 3.05) is 20.7 Å². The van der Waals surface area contributed by atoms with Crippen molar-refractivity contribution in [3.05, 3.63) is 48.4 Å². The van der Waals surface area contributed by atoms with Crippen LogP contribution in [0.15, 0.2) is 52.7 Å². The van der Waals surface area contributed by atoms with Crippen molar-refractivity contribution < 1.29 is 26.8 Å². The Morgan fingerprint density at radius 2 is 1.86 bits per heavy atom. The minimum atomic E-state index is -3.97. The number of ether oxygens (including phenoxy) is 3. The lowest BCUT2D eigenvalue weighted by atomic mass is 10.1. The van der Waals surface area contributed by atoms with Gasteiger partial charge in [0.05, 0.1) is 23.2 Å². The highest BCUT2D eigenvalue weighted by Crippen LogP contribution is 2.44. The summed E-state index contributed by atoms with van der Waals surface area (Å²) in [6.07, 6.45) is 2.59. The fraction of sp³-hybridized carbons (Fsp3) is 0.458. The summed E-state index contributed by atoms with van der Waals surface area (Å²) in [4.78, 5) is 15.0. The van der Waals surface area contributed by atoms with Gasteiger partial charge in [-0.3, -0.25) is 4.18 Å². The molecule has 0 radical (unpaired) electrons. The molecule has 0 aliphatic carbocycles. The van der Waals surface area contributed by atoms with Gasteiger partial charge in [0.25, 0.3) is 10.1 Å². The third-order valence-corrected chi connectivity index (χ3v) is 7.29. The van der Waals surface area contributed by atoms with Crippen LogP contribution in [0.3, 0.4) is 0 Å². The third-order valence-electron chi connectivity index (χ3n) is 6.00. The lowest BCUT2D eigenvalue weighted by Crippen LogP contribution is -2.33. The highest BCUT2D eigenvalue weighted by Gasteiger charge is 2.56. The number of nitrogens with zero attached hydrogens (tertiary/aromatic N) is 5. The molecule has 2 saturated heterocycles. The summed E-state index contributed by atoms with van der Waals surface area (Å²) in [6, 6.07) is 8.35. The second-order valence-corrected chi connectivity index (χ2v) is 11.2. The zero-order valence-electron chi connectivity index (χ0n) is 20.7. The smallest absolute Gasteiger partial charge is 0.297 e. The minimum Gasteiger partial charge on any atom is -0.369 e. The van der Waals surface area contributed by atoms with Gasteiger partial charge in [-0.15, -0.1) is 0 Å². The molecule has 0 saturated carbocycles. The molecule has 0 unspecified atom stereocenters. The van der Waals surface area contributed by atoms with Crippen LogP contribution in [0.4, 0.5) is 5.82 Å². The van der Waals surface area contributed by atoms with Crippen LogP contribution in [0.2, 0.25) is 0 Å². The summed E-state index contributed by atoms with van der Waals surface area (Å²) < 4.78 is 51.3. The molecule has 2 aliphatic heterocycles. The molecule has 0 N–H and O–H groups in total. The summed E-state index contributed by atoms with van der Waals surface area (Å²) in [6.45, 7) is 5.29. The SMILES string of the molecule is Cc1ccc(S(=O)(=O)OC[C@H]2O[C@@H](n3ccc4c(N=CN(C)C)ncnc43)[C@@H]3OC(C)(C)O[C@@H]32)cc1. The molecule has 0 bridgehead atoms. The van der Waals surface area contributed by atoms with Crippen molar-refractivity contribution >= 4 is 33.3 Å². The van der Waals surface area contributed by atoms with E-state index in [1.807, 2.05) is 56.6 Å². The molecule has 2 aromatic heterocycles. The number of aromatic nitrogens is 3. The van der Waals surface area contributed by atoms with Gasteiger partial charge in [0, 0.05) is 20.3 Å². The van der Waals surface area contributed by atoms with Gasteiger partial charge in [0.15, 0.2) is 17.8 Å². The Bertz CT molecular complexity index is 1390. The molecule has 2 aliphatic rings. The molecule has 0 spiro atoms. The minimum absolute atomic E-state index is 0.0852. The van der Waals surface area contributed by atoms with Crippen LogP contribution in [0.25, 0.3) is 11.0 Å². The fourth-order valence-corrected chi connectivity index (χ4v) is 5.30. The molecule has 12 heteroatoms. The average Bonchev–Trinajstić information content (AvgIpc) is 3.47. The number of benzene rings is 1. The number of rotatable bonds is 7. The number of hydrogen-bond donors (Lipinski definition) is 0. The van der Waals surface area contributed by atoms with Crippen LogP contribution in [0, 0.1) is 6.92 Å². The monoisotopic (exact) mass is 515 g/mol. The van der Waals surface area contributed by atoms with E-state index in [-0.39, 0.29) is 11.5 Å². The Kier molecular flexibility index (Phi) is 6.33. The van der Waals surface area contributed by atoms with E-state index in [0.717, 1.165) is 10.9 Å². The van der Waals surface area contributed by atoms with Crippen molar-refractivity contribution in [2.45, 2.75) is 56.0 Å². The number of hydrogen-bond acceptors (Lipinski definition) is 9. The van der Waals surface area contributed by atoms with Gasteiger partial charge in [-0.2, -0.15) is 8.42 Å². The first-order chi connectivity index (χ1) is 17.0. The van der Waals surface area contributed by atoms with E-state index in [4.69, 9.17) is 18.4 Å². The van der Waals surface area contributed by atoms with Crippen LogP contribution >= 0.6 is 0 Å². The highest BCUT2D eigenvalue weighted by molar-refractivity contribution is 7.86. The molecule has 0 amide bonds. The zero-order chi connectivity index (χ0) is 25.7. The van der Waals surface area contributed by atoms with E-state index in [1.165, 1.54) is 18.5 Å². The van der Waals surface area contributed by atoms with Gasteiger partial charge in [-0.25, -0.2) is 15.0 Å². The van der Waals surface area contributed by atoms with Gasteiger partial charge >= 0.3 is 0 Å². The van der Waals surface area contributed by atoms with Crippen LogP contribution in [-0.4, -0.2) is 79.0 Å². The van der Waals surface area contributed by atoms with E-state index in [1.54, 1.807) is 18.5 Å². The summed E-state index contributed by atoms with van der Waals surface area (Å²) in [7, 11) is -0.221. The Morgan fingerprint density at radius 1 is 1.14 bits per heavy atom. The lowest BCUT2D eigenvalue weighted by Gasteiger charge is -2.25. The number of aryl methyl sites for hydroxylation is 1. The van der Waals surface area contributed by atoms with E-state index in [9.17, 15) is 8.42 Å². The first-order valence-corrected chi connectivity index (χ1v) is 12.9. The van der Waals surface area contributed by atoms with Crippen LogP contribution in [0.1, 0.15) is 25.6 Å². The van der Waals surface area contributed by atoms with Crippen molar-refractivity contribution in [1.82, 2.24) is 19.4 Å². The second-order valence-electron chi connectivity index (χ2n) is 9.55. The van der Waals surface area contributed by atoms with Gasteiger partial charge in [0.1, 0.15) is 30.3 Å². The summed E-state index contributed by atoms with van der Waals surface area (Å²) >= 11 is 0. The normalized spacial score (nSPS) is 25.6. The van der Waals surface area contributed by atoms with Crippen molar-refractivity contribution in [3.8, 4) is 0 Å². The van der Waals surface area contributed by atoms with Gasteiger partial charge in [-0.1, -0.05) is 17.7 Å². The standard InChI is InChI=1S/C24H29N5O6S/c1-15-6-8-16(9-7-15)36(30,31)32-12-18-19-20(35-24(2,3)34-19)23(33-18)29-11-10-17-21(27-14-28(4)5)25-13-26-22(17)29/h6-11,13-14,18-20,23H,12H2,1-5H3/t18-,19-,20-,23-/m1/s1.